The number of anilines is 1. The summed E-state index contributed by atoms with van der Waals surface area (Å²) in [7, 11) is 0. The molecule has 0 radical (unpaired) electrons. The Morgan fingerprint density at radius 2 is 1.30 bits per heavy atom. The molecular formula is C30H31NO6. The average molecular weight is 502 g/mol. The van der Waals surface area contributed by atoms with E-state index >= 15 is 0 Å². The molecule has 0 aromatic heterocycles. The highest BCUT2D eigenvalue weighted by Gasteiger charge is 2.53. The zero-order valence-corrected chi connectivity index (χ0v) is 21.5. The zero-order valence-electron chi connectivity index (χ0n) is 21.5. The van der Waals surface area contributed by atoms with Gasteiger partial charge in [-0.25, -0.2) is 0 Å². The molecule has 37 heavy (non-hydrogen) atoms. The highest BCUT2D eigenvalue weighted by Crippen LogP contribution is 2.46. The lowest BCUT2D eigenvalue weighted by Crippen LogP contribution is -2.44. The number of carbonyl (C=O) groups excluding carboxylic acids is 4. The fourth-order valence-electron chi connectivity index (χ4n) is 4.93. The molecule has 2 aliphatic rings. The lowest BCUT2D eigenvalue weighted by Gasteiger charge is -2.29. The van der Waals surface area contributed by atoms with Crippen molar-refractivity contribution in [3.63, 3.8) is 0 Å². The van der Waals surface area contributed by atoms with Gasteiger partial charge in [0.05, 0.1) is 37.2 Å². The van der Waals surface area contributed by atoms with E-state index in [0.717, 1.165) is 5.56 Å². The Balaban J connectivity index is 1.32. The van der Waals surface area contributed by atoms with Crippen LogP contribution < -0.4 is 4.90 Å². The van der Waals surface area contributed by atoms with Crippen molar-refractivity contribution in [1.82, 2.24) is 0 Å². The van der Waals surface area contributed by atoms with Gasteiger partial charge in [-0.05, 0) is 31.5 Å². The quantitative estimate of drug-likeness (QED) is 0.228. The minimum absolute atomic E-state index is 0.00627. The average Bonchev–Trinajstić information content (AvgIpc) is 3.15. The van der Waals surface area contributed by atoms with Crippen LogP contribution in [-0.4, -0.2) is 42.0 Å². The van der Waals surface area contributed by atoms with E-state index in [1.54, 1.807) is 39.8 Å². The number of Topliss-reactive ketones (excluding diaryl/α,β-unsaturated/α-hetero) is 3. The van der Waals surface area contributed by atoms with Gasteiger partial charge in [0.1, 0.15) is 11.1 Å². The van der Waals surface area contributed by atoms with E-state index in [4.69, 9.17) is 9.47 Å². The number of benzene rings is 2. The third kappa shape index (κ3) is 4.73. The standard InChI is InChI=1S/C30H31NO6/c1-29(2)24(20-12-7-5-8-13-20)25(32)22(26(29)33)18-36-16-11-17-37-19-23-27(34)30(3,4)31(28(23)35)21-14-9-6-10-15-21/h5-10,12-15,18-19,24H,11,16-17H2,1-4H3. The Morgan fingerprint density at radius 1 is 0.757 bits per heavy atom. The number of amides is 1. The number of ketones is 3. The van der Waals surface area contributed by atoms with Gasteiger partial charge in [0.15, 0.2) is 17.3 Å². The Hall–Kier alpha value is -4.00. The molecule has 0 spiro atoms. The van der Waals surface area contributed by atoms with Gasteiger partial charge in [-0.2, -0.15) is 0 Å². The fraction of sp³-hybridized carbons (Fsp3) is 0.333. The molecule has 1 aliphatic carbocycles. The first-order chi connectivity index (χ1) is 17.6. The molecule has 1 atom stereocenters. The summed E-state index contributed by atoms with van der Waals surface area (Å²) in [6.45, 7) is 7.36. The van der Waals surface area contributed by atoms with Crippen molar-refractivity contribution in [1.29, 1.82) is 0 Å². The summed E-state index contributed by atoms with van der Waals surface area (Å²) in [5.74, 6) is -1.75. The van der Waals surface area contributed by atoms with E-state index < -0.39 is 22.8 Å². The second-order valence-electron chi connectivity index (χ2n) is 10.3. The van der Waals surface area contributed by atoms with Gasteiger partial charge in [0.25, 0.3) is 5.91 Å². The second kappa shape index (κ2) is 10.2. The van der Waals surface area contributed by atoms with E-state index in [0.29, 0.717) is 12.1 Å². The number of hydrogen-bond donors (Lipinski definition) is 0. The van der Waals surface area contributed by atoms with Gasteiger partial charge in [-0.3, -0.25) is 24.1 Å². The SMILES string of the molecule is CC1(C)C(=O)C(=COCCCOC=C2C(=O)N(c3ccccc3)C(C)(C)C2=O)C(=O)C1c1ccccc1. The topological polar surface area (TPSA) is 90.0 Å². The van der Waals surface area contributed by atoms with Gasteiger partial charge in [0.2, 0.25) is 0 Å². The molecule has 1 unspecified atom stereocenters. The van der Waals surface area contributed by atoms with Crippen LogP contribution in [0.5, 0.6) is 0 Å². The van der Waals surface area contributed by atoms with Crippen LogP contribution in [0.4, 0.5) is 5.69 Å². The van der Waals surface area contributed by atoms with Crippen LogP contribution in [0.2, 0.25) is 0 Å². The van der Waals surface area contributed by atoms with Crippen molar-refractivity contribution < 1.29 is 28.7 Å². The van der Waals surface area contributed by atoms with Crippen LogP contribution >= 0.6 is 0 Å². The molecule has 0 N–H and O–H groups in total. The molecule has 7 heteroatoms. The summed E-state index contributed by atoms with van der Waals surface area (Å²) < 4.78 is 11.0. The smallest absolute Gasteiger partial charge is 0.266 e. The summed E-state index contributed by atoms with van der Waals surface area (Å²) in [6, 6.07) is 18.3. The molecule has 1 amide bonds. The van der Waals surface area contributed by atoms with Crippen molar-refractivity contribution >= 4 is 28.9 Å². The van der Waals surface area contributed by atoms with Gasteiger partial charge < -0.3 is 9.47 Å². The third-order valence-electron chi connectivity index (χ3n) is 6.95. The molecular weight excluding hydrogens is 470 g/mol. The third-order valence-corrected chi connectivity index (χ3v) is 6.95. The van der Waals surface area contributed by atoms with Crippen LogP contribution in [0, 0.1) is 5.41 Å². The lowest BCUT2D eigenvalue weighted by atomic mass is 9.77. The monoisotopic (exact) mass is 501 g/mol. The number of allylic oxidation sites excluding steroid dienone is 1. The number of hydrogen-bond acceptors (Lipinski definition) is 6. The van der Waals surface area contributed by atoms with Crippen LogP contribution in [0.15, 0.2) is 84.3 Å². The first-order valence-corrected chi connectivity index (χ1v) is 12.3. The summed E-state index contributed by atoms with van der Waals surface area (Å²) in [5.41, 5.74) is -0.370. The first-order valence-electron chi connectivity index (χ1n) is 12.3. The molecule has 7 nitrogen and oxygen atoms in total. The van der Waals surface area contributed by atoms with Crippen LogP contribution in [0.1, 0.15) is 45.6 Å². The van der Waals surface area contributed by atoms with E-state index in [1.165, 1.54) is 17.4 Å². The van der Waals surface area contributed by atoms with E-state index in [-0.39, 0.29) is 41.7 Å². The summed E-state index contributed by atoms with van der Waals surface area (Å²) >= 11 is 0. The summed E-state index contributed by atoms with van der Waals surface area (Å²) in [6.07, 6.45) is 2.89. The molecule has 2 aromatic carbocycles. The Labute approximate surface area is 216 Å². The Bertz CT molecular complexity index is 1170. The Kier molecular flexibility index (Phi) is 7.16. The van der Waals surface area contributed by atoms with Gasteiger partial charge in [0, 0.05) is 17.5 Å². The van der Waals surface area contributed by atoms with Crippen molar-refractivity contribution in [2.45, 2.75) is 45.6 Å². The summed E-state index contributed by atoms with van der Waals surface area (Å²) in [5, 5.41) is 0. The molecule has 0 bridgehead atoms. The molecule has 2 aromatic rings. The van der Waals surface area contributed by atoms with E-state index in [9.17, 15) is 19.2 Å². The van der Waals surface area contributed by atoms with Crippen LogP contribution in [0.3, 0.4) is 0 Å². The number of ether oxygens (including phenoxy) is 2. The number of para-hydroxylation sites is 1. The van der Waals surface area contributed by atoms with Crippen molar-refractivity contribution in [2.24, 2.45) is 5.41 Å². The predicted molar refractivity (Wildman–Crippen MR) is 139 cm³/mol. The predicted octanol–water partition coefficient (Wildman–Crippen LogP) is 4.53. The zero-order chi connectivity index (χ0) is 26.8. The maximum absolute atomic E-state index is 13.0. The molecule has 192 valence electrons. The van der Waals surface area contributed by atoms with Gasteiger partial charge >= 0.3 is 0 Å². The van der Waals surface area contributed by atoms with Crippen molar-refractivity contribution in [3.8, 4) is 0 Å². The molecule has 1 aliphatic heterocycles. The minimum atomic E-state index is -1.02. The maximum atomic E-state index is 13.0. The number of nitrogens with zero attached hydrogens (tertiary/aromatic N) is 1. The highest BCUT2D eigenvalue weighted by molar-refractivity contribution is 6.35. The van der Waals surface area contributed by atoms with Crippen molar-refractivity contribution in [2.75, 3.05) is 18.1 Å². The number of rotatable bonds is 8. The molecule has 1 saturated carbocycles. The van der Waals surface area contributed by atoms with Crippen molar-refractivity contribution in [3.05, 3.63) is 89.9 Å². The van der Waals surface area contributed by atoms with E-state index in [1.807, 2.05) is 48.5 Å². The van der Waals surface area contributed by atoms with Gasteiger partial charge in [-0.1, -0.05) is 62.4 Å². The first kappa shape index (κ1) is 26.1. The van der Waals surface area contributed by atoms with Crippen LogP contribution in [-0.2, 0) is 28.7 Å². The molecule has 1 saturated heterocycles. The Morgan fingerprint density at radius 3 is 1.89 bits per heavy atom. The summed E-state index contributed by atoms with van der Waals surface area (Å²) in [4.78, 5) is 53.2. The fourth-order valence-corrected chi connectivity index (χ4v) is 4.93. The largest absolute Gasteiger partial charge is 0.500 e. The normalized spacial score (nSPS) is 22.8. The van der Waals surface area contributed by atoms with Crippen LogP contribution in [0.25, 0.3) is 0 Å². The van der Waals surface area contributed by atoms with E-state index in [2.05, 4.69) is 0 Å². The molecule has 1 heterocycles. The lowest BCUT2D eigenvalue weighted by molar-refractivity contribution is -0.122. The maximum Gasteiger partial charge on any atom is 0.266 e. The minimum Gasteiger partial charge on any atom is -0.500 e. The second-order valence-corrected chi connectivity index (χ2v) is 10.3. The molecule has 2 fully saturated rings. The highest BCUT2D eigenvalue weighted by atomic mass is 16.5. The molecule has 4 rings (SSSR count). The van der Waals surface area contributed by atoms with Gasteiger partial charge in [-0.15, -0.1) is 0 Å². The number of carbonyl (C=O) groups is 4.